The molecule has 1 fully saturated rings. The van der Waals surface area contributed by atoms with Crippen molar-refractivity contribution in [1.82, 2.24) is 10.2 Å². The van der Waals surface area contributed by atoms with Gasteiger partial charge in [-0.25, -0.2) is 0 Å². The topological polar surface area (TPSA) is 63.9 Å². The van der Waals surface area contributed by atoms with Gasteiger partial charge in [0.25, 0.3) is 5.91 Å². The van der Waals surface area contributed by atoms with E-state index in [0.29, 0.717) is 24.5 Å². The zero-order valence-corrected chi connectivity index (χ0v) is 14.2. The monoisotopic (exact) mass is 332 g/mol. The Balaban J connectivity index is 1.70. The van der Waals surface area contributed by atoms with Crippen LogP contribution in [0.2, 0.25) is 0 Å². The lowest BCUT2D eigenvalue weighted by Crippen LogP contribution is -2.47. The van der Waals surface area contributed by atoms with Crippen LogP contribution in [-0.4, -0.2) is 56.8 Å². The van der Waals surface area contributed by atoms with Crippen LogP contribution in [-0.2, 0) is 16.1 Å². The van der Waals surface area contributed by atoms with Crippen LogP contribution in [0.5, 0.6) is 0 Å². The molecule has 0 radical (unpaired) electrons. The average Bonchev–Trinajstić information content (AvgIpc) is 2.99. The van der Waals surface area contributed by atoms with Crippen molar-refractivity contribution in [1.29, 1.82) is 0 Å². The van der Waals surface area contributed by atoms with Crippen LogP contribution in [0.4, 0.5) is 0 Å². The molecule has 1 aliphatic heterocycles. The SMILES string of the molecule is COCc1c(C(=O)NCC(C)N2CCOCC2)oc2ccccc12. The second kappa shape index (κ2) is 7.79. The maximum absolute atomic E-state index is 12.6. The number of hydrogen-bond acceptors (Lipinski definition) is 5. The zero-order valence-electron chi connectivity index (χ0n) is 14.2. The van der Waals surface area contributed by atoms with Crippen molar-refractivity contribution in [3.8, 4) is 0 Å². The van der Waals surface area contributed by atoms with E-state index >= 15 is 0 Å². The number of methoxy groups -OCH3 is 1. The standard InChI is InChI=1S/C18H24N2O4/c1-13(20-7-9-23-10-8-20)11-19-18(21)17-15(12-22-2)14-5-3-4-6-16(14)24-17/h3-6,13H,7-12H2,1-2H3,(H,19,21). The van der Waals surface area contributed by atoms with Gasteiger partial charge in [-0.05, 0) is 13.0 Å². The minimum absolute atomic E-state index is 0.196. The van der Waals surface area contributed by atoms with E-state index in [1.165, 1.54) is 0 Å². The highest BCUT2D eigenvalue weighted by Crippen LogP contribution is 2.26. The summed E-state index contributed by atoms with van der Waals surface area (Å²) in [5.74, 6) is 0.144. The quantitative estimate of drug-likeness (QED) is 0.877. The van der Waals surface area contributed by atoms with Crippen molar-refractivity contribution in [2.75, 3.05) is 40.0 Å². The van der Waals surface area contributed by atoms with Crippen molar-refractivity contribution in [3.05, 3.63) is 35.6 Å². The molecule has 0 saturated carbocycles. The van der Waals surface area contributed by atoms with Gasteiger partial charge in [-0.3, -0.25) is 9.69 Å². The second-order valence-electron chi connectivity index (χ2n) is 6.05. The maximum Gasteiger partial charge on any atom is 0.287 e. The molecule has 1 aliphatic rings. The first-order chi connectivity index (χ1) is 11.7. The van der Waals surface area contributed by atoms with E-state index in [4.69, 9.17) is 13.9 Å². The third-order valence-corrected chi connectivity index (χ3v) is 4.42. The lowest BCUT2D eigenvalue weighted by molar-refractivity contribution is 0.0203. The number of ether oxygens (including phenoxy) is 2. The summed E-state index contributed by atoms with van der Waals surface area (Å²) in [7, 11) is 1.62. The third-order valence-electron chi connectivity index (χ3n) is 4.42. The summed E-state index contributed by atoms with van der Waals surface area (Å²) in [6.45, 7) is 6.33. The fourth-order valence-electron chi connectivity index (χ4n) is 3.04. The molecular formula is C18H24N2O4. The summed E-state index contributed by atoms with van der Waals surface area (Å²) >= 11 is 0. The molecule has 2 aromatic rings. The number of nitrogens with zero attached hydrogens (tertiary/aromatic N) is 1. The molecular weight excluding hydrogens is 308 g/mol. The van der Waals surface area contributed by atoms with Crippen molar-refractivity contribution in [3.63, 3.8) is 0 Å². The molecule has 1 aromatic carbocycles. The number of morpholine rings is 1. The number of furan rings is 1. The highest BCUT2D eigenvalue weighted by Gasteiger charge is 2.22. The third kappa shape index (κ3) is 3.61. The summed E-state index contributed by atoms with van der Waals surface area (Å²) < 4.78 is 16.4. The van der Waals surface area contributed by atoms with E-state index in [2.05, 4.69) is 17.1 Å². The van der Waals surface area contributed by atoms with E-state index in [1.807, 2.05) is 24.3 Å². The molecule has 1 aromatic heterocycles. The Hall–Kier alpha value is -1.89. The Morgan fingerprint density at radius 1 is 1.33 bits per heavy atom. The first-order valence-electron chi connectivity index (χ1n) is 8.30. The molecule has 24 heavy (non-hydrogen) atoms. The first kappa shape index (κ1) is 17.0. The number of para-hydroxylation sites is 1. The van der Waals surface area contributed by atoms with Gasteiger partial charge in [0, 0.05) is 43.7 Å². The Kier molecular flexibility index (Phi) is 5.50. The molecule has 1 atom stereocenters. The molecule has 0 spiro atoms. The molecule has 0 bridgehead atoms. The van der Waals surface area contributed by atoms with Crippen LogP contribution in [0.15, 0.2) is 28.7 Å². The first-order valence-corrected chi connectivity index (χ1v) is 8.30. The van der Waals surface area contributed by atoms with Crippen molar-refractivity contribution < 1.29 is 18.7 Å². The predicted molar refractivity (Wildman–Crippen MR) is 91.1 cm³/mol. The highest BCUT2D eigenvalue weighted by atomic mass is 16.5. The average molecular weight is 332 g/mol. The Bertz CT molecular complexity index is 691. The number of carbonyl (C=O) groups is 1. The molecule has 1 amide bonds. The van der Waals surface area contributed by atoms with Crippen LogP contribution < -0.4 is 5.32 Å². The molecule has 0 aliphatic carbocycles. The van der Waals surface area contributed by atoms with E-state index in [1.54, 1.807) is 7.11 Å². The van der Waals surface area contributed by atoms with Crippen LogP contribution >= 0.6 is 0 Å². The summed E-state index contributed by atoms with van der Waals surface area (Å²) in [6, 6.07) is 7.89. The van der Waals surface area contributed by atoms with Crippen LogP contribution in [0, 0.1) is 0 Å². The summed E-state index contributed by atoms with van der Waals surface area (Å²) in [6.07, 6.45) is 0. The van der Waals surface area contributed by atoms with Crippen LogP contribution in [0.25, 0.3) is 11.0 Å². The molecule has 2 heterocycles. The van der Waals surface area contributed by atoms with Gasteiger partial charge in [0.05, 0.1) is 19.8 Å². The zero-order chi connectivity index (χ0) is 16.9. The van der Waals surface area contributed by atoms with E-state index in [9.17, 15) is 4.79 Å². The van der Waals surface area contributed by atoms with Gasteiger partial charge in [0.1, 0.15) is 5.58 Å². The van der Waals surface area contributed by atoms with Gasteiger partial charge >= 0.3 is 0 Å². The van der Waals surface area contributed by atoms with Crippen molar-refractivity contribution in [2.24, 2.45) is 0 Å². The number of amides is 1. The number of hydrogen-bond donors (Lipinski definition) is 1. The Labute approximate surface area is 141 Å². The fraction of sp³-hybridized carbons (Fsp3) is 0.500. The smallest absolute Gasteiger partial charge is 0.287 e. The van der Waals surface area contributed by atoms with Crippen LogP contribution in [0.1, 0.15) is 23.0 Å². The largest absolute Gasteiger partial charge is 0.451 e. The van der Waals surface area contributed by atoms with Crippen molar-refractivity contribution in [2.45, 2.75) is 19.6 Å². The lowest BCUT2D eigenvalue weighted by atomic mass is 10.1. The van der Waals surface area contributed by atoms with E-state index < -0.39 is 0 Å². The number of nitrogens with one attached hydrogen (secondary N) is 1. The van der Waals surface area contributed by atoms with E-state index in [0.717, 1.165) is 37.3 Å². The summed E-state index contributed by atoms with van der Waals surface area (Å²) in [4.78, 5) is 14.9. The summed E-state index contributed by atoms with van der Waals surface area (Å²) in [5.41, 5.74) is 1.50. The molecule has 1 saturated heterocycles. The number of fused-ring (bicyclic) bond motifs is 1. The lowest BCUT2D eigenvalue weighted by Gasteiger charge is -2.32. The maximum atomic E-state index is 12.6. The van der Waals surface area contributed by atoms with Gasteiger partial charge in [-0.1, -0.05) is 18.2 Å². The van der Waals surface area contributed by atoms with E-state index in [-0.39, 0.29) is 11.9 Å². The molecule has 6 heteroatoms. The molecule has 1 N–H and O–H groups in total. The predicted octanol–water partition coefficient (Wildman–Crippen LogP) is 2.03. The number of benzene rings is 1. The minimum atomic E-state index is -0.196. The Morgan fingerprint density at radius 3 is 2.83 bits per heavy atom. The minimum Gasteiger partial charge on any atom is -0.451 e. The summed E-state index contributed by atoms with van der Waals surface area (Å²) in [5, 5.41) is 3.91. The number of carbonyl (C=O) groups excluding carboxylic acids is 1. The van der Waals surface area contributed by atoms with Gasteiger partial charge in [0.2, 0.25) is 0 Å². The molecule has 130 valence electrons. The van der Waals surface area contributed by atoms with Gasteiger partial charge in [-0.15, -0.1) is 0 Å². The second-order valence-corrected chi connectivity index (χ2v) is 6.05. The molecule has 3 rings (SSSR count). The molecule has 1 unspecified atom stereocenters. The highest BCUT2D eigenvalue weighted by molar-refractivity contribution is 5.99. The van der Waals surface area contributed by atoms with Gasteiger partial charge in [-0.2, -0.15) is 0 Å². The van der Waals surface area contributed by atoms with Gasteiger partial charge < -0.3 is 19.2 Å². The van der Waals surface area contributed by atoms with Crippen molar-refractivity contribution >= 4 is 16.9 Å². The Morgan fingerprint density at radius 2 is 2.08 bits per heavy atom. The number of rotatable bonds is 6. The normalized spacial score (nSPS) is 17.1. The van der Waals surface area contributed by atoms with Crippen LogP contribution in [0.3, 0.4) is 0 Å². The van der Waals surface area contributed by atoms with Gasteiger partial charge in [0.15, 0.2) is 5.76 Å². The fourth-order valence-corrected chi connectivity index (χ4v) is 3.04. The molecule has 6 nitrogen and oxygen atoms in total.